The van der Waals surface area contributed by atoms with Crippen molar-refractivity contribution in [3.05, 3.63) is 0 Å². The van der Waals surface area contributed by atoms with Crippen LogP contribution in [0, 0.1) is 17.2 Å². The second-order valence-electron chi connectivity index (χ2n) is 3.68. The Morgan fingerprint density at radius 1 is 1.42 bits per heavy atom. The monoisotopic (exact) mass is 229 g/mol. The molecule has 1 fully saturated rings. The summed E-state index contributed by atoms with van der Waals surface area (Å²) in [5, 5.41) is 8.41. The van der Waals surface area contributed by atoms with Crippen molar-refractivity contribution in [2.75, 3.05) is 0 Å². The van der Waals surface area contributed by atoms with Crippen molar-refractivity contribution >= 4 is 15.9 Å². The Morgan fingerprint density at radius 2 is 2.08 bits per heavy atom. The first-order valence-corrected chi connectivity index (χ1v) is 5.75. The maximum Gasteiger partial charge on any atom is 0.0622 e. The number of nitriles is 1. The zero-order chi connectivity index (χ0) is 8.81. The minimum absolute atomic E-state index is 0.584. The lowest BCUT2D eigenvalue weighted by Gasteiger charge is -2.12. The number of nitrogens with zero attached hydrogens (tertiary/aromatic N) is 1. The average molecular weight is 230 g/mol. The Hall–Kier alpha value is -0.0300. The van der Waals surface area contributed by atoms with E-state index in [9.17, 15) is 0 Å². The molecule has 0 saturated heterocycles. The van der Waals surface area contributed by atoms with E-state index in [2.05, 4.69) is 22.0 Å². The van der Waals surface area contributed by atoms with Gasteiger partial charge in [0.05, 0.1) is 6.07 Å². The molecule has 1 aliphatic rings. The van der Waals surface area contributed by atoms with Gasteiger partial charge in [0.2, 0.25) is 0 Å². The maximum atomic E-state index is 8.41. The molecule has 68 valence electrons. The molecule has 1 aliphatic carbocycles. The summed E-state index contributed by atoms with van der Waals surface area (Å²) >= 11 is 3.64. The van der Waals surface area contributed by atoms with Crippen molar-refractivity contribution < 1.29 is 0 Å². The molecule has 0 radical (unpaired) electrons. The van der Waals surface area contributed by atoms with Crippen molar-refractivity contribution in [1.82, 2.24) is 0 Å². The highest BCUT2D eigenvalue weighted by Crippen LogP contribution is 2.31. The van der Waals surface area contributed by atoms with Gasteiger partial charge in [0.1, 0.15) is 0 Å². The molecular formula is C10H16BrN. The van der Waals surface area contributed by atoms with Crippen molar-refractivity contribution in [1.29, 1.82) is 5.26 Å². The third kappa shape index (κ3) is 3.58. The van der Waals surface area contributed by atoms with Crippen molar-refractivity contribution in [2.45, 2.75) is 49.8 Å². The second-order valence-corrected chi connectivity index (χ2v) is 4.98. The van der Waals surface area contributed by atoms with Gasteiger partial charge in [-0.1, -0.05) is 41.6 Å². The van der Waals surface area contributed by atoms with E-state index in [1.54, 1.807) is 0 Å². The number of hydrogen-bond donors (Lipinski definition) is 0. The quantitative estimate of drug-likeness (QED) is 0.676. The summed E-state index contributed by atoms with van der Waals surface area (Å²) < 4.78 is 0. The average Bonchev–Trinajstić information content (AvgIpc) is 2.53. The fourth-order valence-corrected chi connectivity index (χ4v) is 2.70. The highest BCUT2D eigenvalue weighted by molar-refractivity contribution is 9.09. The number of alkyl halides is 1. The van der Waals surface area contributed by atoms with Gasteiger partial charge in [-0.15, -0.1) is 0 Å². The summed E-state index contributed by atoms with van der Waals surface area (Å²) in [4.78, 5) is 0.584. The summed E-state index contributed by atoms with van der Waals surface area (Å²) in [5.74, 6) is 0.938. The molecule has 12 heavy (non-hydrogen) atoms. The minimum Gasteiger partial charge on any atom is -0.198 e. The van der Waals surface area contributed by atoms with Gasteiger partial charge < -0.3 is 0 Å². The van der Waals surface area contributed by atoms with Crippen LogP contribution in [-0.2, 0) is 0 Å². The van der Waals surface area contributed by atoms with Gasteiger partial charge in [0.15, 0.2) is 0 Å². The Balaban J connectivity index is 2.08. The molecule has 0 N–H and O–H groups in total. The molecule has 1 rings (SSSR count). The molecular weight excluding hydrogens is 214 g/mol. The van der Waals surface area contributed by atoms with Crippen LogP contribution in [-0.4, -0.2) is 4.83 Å². The Morgan fingerprint density at radius 3 is 2.67 bits per heavy atom. The predicted molar refractivity (Wildman–Crippen MR) is 54.1 cm³/mol. The lowest BCUT2D eigenvalue weighted by molar-refractivity contribution is 0.487. The minimum atomic E-state index is 0.584. The molecule has 1 saturated carbocycles. The Kier molecular flexibility index (Phi) is 4.68. The van der Waals surface area contributed by atoms with Crippen LogP contribution in [0.3, 0.4) is 0 Å². The molecule has 1 atom stereocenters. The van der Waals surface area contributed by atoms with Crippen LogP contribution in [0.4, 0.5) is 0 Å². The molecule has 0 aliphatic heterocycles. The Bertz CT molecular complexity index is 156. The number of rotatable bonds is 4. The van der Waals surface area contributed by atoms with Gasteiger partial charge in [-0.25, -0.2) is 0 Å². The van der Waals surface area contributed by atoms with Crippen LogP contribution in [0.25, 0.3) is 0 Å². The summed E-state index contributed by atoms with van der Waals surface area (Å²) in [6.45, 7) is 0. The van der Waals surface area contributed by atoms with Crippen molar-refractivity contribution in [3.63, 3.8) is 0 Å². The summed E-state index contributed by atoms with van der Waals surface area (Å²) in [5.41, 5.74) is 0. The normalized spacial score (nSPS) is 20.7. The highest BCUT2D eigenvalue weighted by atomic mass is 79.9. The highest BCUT2D eigenvalue weighted by Gasteiger charge is 2.18. The fourth-order valence-electron chi connectivity index (χ4n) is 1.95. The molecule has 1 nitrogen and oxygen atoms in total. The zero-order valence-corrected chi connectivity index (χ0v) is 9.02. The molecule has 0 spiro atoms. The van der Waals surface area contributed by atoms with Gasteiger partial charge in [0, 0.05) is 11.2 Å². The van der Waals surface area contributed by atoms with Gasteiger partial charge >= 0.3 is 0 Å². The molecule has 0 aromatic carbocycles. The van der Waals surface area contributed by atoms with E-state index in [0.29, 0.717) is 11.2 Å². The second kappa shape index (κ2) is 5.59. The topological polar surface area (TPSA) is 23.8 Å². The third-order valence-corrected chi connectivity index (χ3v) is 3.46. The molecule has 0 heterocycles. The first-order valence-electron chi connectivity index (χ1n) is 4.84. The van der Waals surface area contributed by atoms with Gasteiger partial charge in [-0.05, 0) is 18.8 Å². The van der Waals surface area contributed by atoms with Crippen LogP contribution in [0.5, 0.6) is 0 Å². The van der Waals surface area contributed by atoms with E-state index in [0.717, 1.165) is 12.3 Å². The third-order valence-electron chi connectivity index (χ3n) is 2.63. The Labute approximate surface area is 83.3 Å². The summed E-state index contributed by atoms with van der Waals surface area (Å²) in [6.07, 6.45) is 8.66. The SMILES string of the molecule is N#CCCC(Br)CC1CCCC1. The molecule has 2 heteroatoms. The molecule has 1 unspecified atom stereocenters. The molecule has 0 aromatic heterocycles. The lowest BCUT2D eigenvalue weighted by atomic mass is 10.00. The first-order chi connectivity index (χ1) is 5.83. The number of hydrogen-bond acceptors (Lipinski definition) is 1. The smallest absolute Gasteiger partial charge is 0.0622 e. The van der Waals surface area contributed by atoms with Crippen LogP contribution >= 0.6 is 15.9 Å². The first kappa shape index (κ1) is 10.1. The number of halogens is 1. The van der Waals surface area contributed by atoms with E-state index in [1.807, 2.05) is 0 Å². The molecule has 0 aromatic rings. The van der Waals surface area contributed by atoms with Gasteiger partial charge in [-0.3, -0.25) is 0 Å². The van der Waals surface area contributed by atoms with E-state index < -0.39 is 0 Å². The standard InChI is InChI=1S/C10H16BrN/c11-10(6-3-7-12)8-9-4-1-2-5-9/h9-10H,1-6,8H2. The predicted octanol–water partition coefficient (Wildman–Crippen LogP) is 3.63. The lowest BCUT2D eigenvalue weighted by Crippen LogP contribution is -2.04. The molecule has 0 amide bonds. The summed E-state index contributed by atoms with van der Waals surface area (Å²) in [6, 6.07) is 2.19. The van der Waals surface area contributed by atoms with E-state index >= 15 is 0 Å². The zero-order valence-electron chi connectivity index (χ0n) is 7.43. The molecule has 0 bridgehead atoms. The van der Waals surface area contributed by atoms with Crippen molar-refractivity contribution in [2.24, 2.45) is 5.92 Å². The fraction of sp³-hybridized carbons (Fsp3) is 0.900. The van der Waals surface area contributed by atoms with Gasteiger partial charge in [-0.2, -0.15) is 5.26 Å². The van der Waals surface area contributed by atoms with E-state index in [4.69, 9.17) is 5.26 Å². The largest absolute Gasteiger partial charge is 0.198 e. The van der Waals surface area contributed by atoms with Crippen LogP contribution in [0.2, 0.25) is 0 Å². The summed E-state index contributed by atoms with van der Waals surface area (Å²) in [7, 11) is 0. The van der Waals surface area contributed by atoms with Crippen LogP contribution in [0.1, 0.15) is 44.9 Å². The van der Waals surface area contributed by atoms with E-state index in [-0.39, 0.29) is 0 Å². The van der Waals surface area contributed by atoms with E-state index in [1.165, 1.54) is 32.1 Å². The maximum absolute atomic E-state index is 8.41. The van der Waals surface area contributed by atoms with Crippen LogP contribution < -0.4 is 0 Å². The van der Waals surface area contributed by atoms with Gasteiger partial charge in [0.25, 0.3) is 0 Å². The van der Waals surface area contributed by atoms with Crippen molar-refractivity contribution in [3.8, 4) is 6.07 Å². The van der Waals surface area contributed by atoms with Crippen LogP contribution in [0.15, 0.2) is 0 Å².